The van der Waals surface area contributed by atoms with Gasteiger partial charge in [0.05, 0.1) is 11.9 Å². The number of para-hydroxylation sites is 1. The van der Waals surface area contributed by atoms with Crippen LogP contribution in [0.3, 0.4) is 0 Å². The number of hydrogen-bond donors (Lipinski definition) is 1. The molecule has 0 aliphatic rings. The number of benzene rings is 2. The van der Waals surface area contributed by atoms with Crippen molar-refractivity contribution >= 4 is 27.3 Å². The minimum absolute atomic E-state index is 0.298. The van der Waals surface area contributed by atoms with Gasteiger partial charge in [-0.1, -0.05) is 12.1 Å². The molecular formula is C18H20F2N2O3S. The molecule has 0 radical (unpaired) electrons. The van der Waals surface area contributed by atoms with Gasteiger partial charge in [0.1, 0.15) is 23.4 Å². The number of sulfonamides is 1. The molecule has 0 heterocycles. The Hall–Kier alpha value is -2.48. The summed E-state index contributed by atoms with van der Waals surface area (Å²) in [5.41, 5.74) is 1.50. The summed E-state index contributed by atoms with van der Waals surface area (Å²) in [5, 5.41) is 2.13. The predicted octanol–water partition coefficient (Wildman–Crippen LogP) is 3.37. The molecule has 0 saturated heterocycles. The molecule has 2 aromatic carbocycles. The van der Waals surface area contributed by atoms with Crippen molar-refractivity contribution < 1.29 is 22.0 Å². The van der Waals surface area contributed by atoms with Gasteiger partial charge in [-0.3, -0.25) is 9.10 Å². The molecule has 0 spiro atoms. The summed E-state index contributed by atoms with van der Waals surface area (Å²) < 4.78 is 52.9. The standard InChI is InChI=1S/C18H20F2N2O3S/c1-11-8-9-14(10-12(11)2)22(26(4,24)25)13(3)18(23)21-17-15(19)6-5-7-16(17)20/h5-10,13H,1-4H3,(H,21,23)/t13-/m1/s1. The number of amides is 1. The first-order chi connectivity index (χ1) is 12.0. The van der Waals surface area contributed by atoms with E-state index in [9.17, 15) is 22.0 Å². The lowest BCUT2D eigenvalue weighted by Gasteiger charge is -2.28. The van der Waals surface area contributed by atoms with Crippen LogP contribution in [0.4, 0.5) is 20.2 Å². The molecule has 1 atom stereocenters. The highest BCUT2D eigenvalue weighted by molar-refractivity contribution is 7.92. The largest absolute Gasteiger partial charge is 0.319 e. The van der Waals surface area contributed by atoms with Gasteiger partial charge in [-0.05, 0) is 56.2 Å². The van der Waals surface area contributed by atoms with Gasteiger partial charge in [0, 0.05) is 0 Å². The lowest BCUT2D eigenvalue weighted by atomic mass is 10.1. The molecule has 0 unspecified atom stereocenters. The minimum Gasteiger partial charge on any atom is -0.319 e. The molecule has 8 heteroatoms. The van der Waals surface area contributed by atoms with E-state index in [1.54, 1.807) is 18.2 Å². The smallest absolute Gasteiger partial charge is 0.248 e. The van der Waals surface area contributed by atoms with Crippen LogP contribution in [0.1, 0.15) is 18.1 Å². The Labute approximate surface area is 151 Å². The first-order valence-electron chi connectivity index (χ1n) is 7.84. The number of rotatable bonds is 5. The second-order valence-corrected chi connectivity index (χ2v) is 7.95. The summed E-state index contributed by atoms with van der Waals surface area (Å²) in [6, 6.07) is 6.92. The maximum Gasteiger partial charge on any atom is 0.248 e. The molecular weight excluding hydrogens is 362 g/mol. The fourth-order valence-corrected chi connectivity index (χ4v) is 3.68. The maximum absolute atomic E-state index is 13.7. The van der Waals surface area contributed by atoms with Crippen LogP contribution >= 0.6 is 0 Å². The number of nitrogens with one attached hydrogen (secondary N) is 1. The average Bonchev–Trinajstić information content (AvgIpc) is 2.53. The van der Waals surface area contributed by atoms with Crippen molar-refractivity contribution in [3.05, 3.63) is 59.2 Å². The third kappa shape index (κ3) is 4.19. The molecule has 2 rings (SSSR count). The van der Waals surface area contributed by atoms with Gasteiger partial charge in [0.2, 0.25) is 15.9 Å². The number of carbonyl (C=O) groups is 1. The topological polar surface area (TPSA) is 66.5 Å². The third-order valence-corrected chi connectivity index (χ3v) is 5.29. The van der Waals surface area contributed by atoms with Crippen molar-refractivity contribution in [1.29, 1.82) is 0 Å². The molecule has 1 amide bonds. The first-order valence-corrected chi connectivity index (χ1v) is 9.68. The number of hydrogen-bond acceptors (Lipinski definition) is 3. The van der Waals surface area contributed by atoms with E-state index in [0.29, 0.717) is 5.69 Å². The highest BCUT2D eigenvalue weighted by Gasteiger charge is 2.30. The van der Waals surface area contributed by atoms with E-state index in [2.05, 4.69) is 5.32 Å². The van der Waals surface area contributed by atoms with Crippen LogP contribution in [0, 0.1) is 25.5 Å². The van der Waals surface area contributed by atoms with E-state index in [1.165, 1.54) is 13.0 Å². The Morgan fingerprint density at radius 1 is 1.08 bits per heavy atom. The van der Waals surface area contributed by atoms with E-state index in [-0.39, 0.29) is 0 Å². The predicted molar refractivity (Wildman–Crippen MR) is 97.7 cm³/mol. The fraction of sp³-hybridized carbons (Fsp3) is 0.278. The van der Waals surface area contributed by atoms with Crippen LogP contribution < -0.4 is 9.62 Å². The van der Waals surface area contributed by atoms with Crippen molar-refractivity contribution in [3.8, 4) is 0 Å². The zero-order valence-electron chi connectivity index (χ0n) is 14.9. The second kappa shape index (κ2) is 7.41. The Kier molecular flexibility index (Phi) is 5.65. The highest BCUT2D eigenvalue weighted by atomic mass is 32.2. The van der Waals surface area contributed by atoms with Gasteiger partial charge in [0.25, 0.3) is 0 Å². The Morgan fingerprint density at radius 2 is 1.65 bits per heavy atom. The molecule has 26 heavy (non-hydrogen) atoms. The summed E-state index contributed by atoms with van der Waals surface area (Å²) in [7, 11) is -3.82. The summed E-state index contributed by atoms with van der Waals surface area (Å²) in [4.78, 5) is 12.5. The van der Waals surface area contributed by atoms with E-state index in [4.69, 9.17) is 0 Å². The number of halogens is 2. The lowest BCUT2D eigenvalue weighted by molar-refractivity contribution is -0.116. The molecule has 140 valence electrons. The van der Waals surface area contributed by atoms with E-state index in [1.807, 2.05) is 13.8 Å². The van der Waals surface area contributed by atoms with Crippen molar-refractivity contribution in [2.45, 2.75) is 26.8 Å². The highest BCUT2D eigenvalue weighted by Crippen LogP contribution is 2.25. The van der Waals surface area contributed by atoms with Crippen LogP contribution in [0.2, 0.25) is 0 Å². The SMILES string of the molecule is Cc1ccc(N([C@H](C)C(=O)Nc2c(F)cccc2F)S(C)(=O)=O)cc1C. The summed E-state index contributed by atoms with van der Waals surface area (Å²) in [6.07, 6.45) is 0.968. The molecule has 0 fully saturated rings. The van der Waals surface area contributed by atoms with Crippen LogP contribution in [0.25, 0.3) is 0 Å². The quantitative estimate of drug-likeness (QED) is 0.862. The molecule has 0 aromatic heterocycles. The number of carbonyl (C=O) groups excluding carboxylic acids is 1. The van der Waals surface area contributed by atoms with Crippen molar-refractivity contribution in [1.82, 2.24) is 0 Å². The molecule has 0 bridgehead atoms. The van der Waals surface area contributed by atoms with Gasteiger partial charge in [-0.15, -0.1) is 0 Å². The molecule has 2 aromatic rings. The van der Waals surface area contributed by atoms with Crippen LogP contribution in [-0.4, -0.2) is 26.6 Å². The summed E-state index contributed by atoms with van der Waals surface area (Å²) in [6.45, 7) is 5.05. The van der Waals surface area contributed by atoms with Crippen molar-refractivity contribution in [2.24, 2.45) is 0 Å². The molecule has 0 aliphatic heterocycles. The molecule has 5 nitrogen and oxygen atoms in total. The summed E-state index contributed by atoms with van der Waals surface area (Å²) in [5.74, 6) is -2.73. The van der Waals surface area contributed by atoms with Gasteiger partial charge in [0.15, 0.2) is 0 Å². The van der Waals surface area contributed by atoms with Crippen LogP contribution in [-0.2, 0) is 14.8 Å². The molecule has 0 aliphatic carbocycles. The Morgan fingerprint density at radius 3 is 2.15 bits per heavy atom. The Balaban J connectivity index is 2.39. The van der Waals surface area contributed by atoms with Gasteiger partial charge in [-0.25, -0.2) is 17.2 Å². The normalized spacial score (nSPS) is 12.5. The Bertz CT molecular complexity index is 925. The summed E-state index contributed by atoms with van der Waals surface area (Å²) >= 11 is 0. The number of nitrogens with zero attached hydrogens (tertiary/aromatic N) is 1. The van der Waals surface area contributed by atoms with Crippen LogP contribution in [0.15, 0.2) is 36.4 Å². The van der Waals surface area contributed by atoms with Crippen molar-refractivity contribution in [3.63, 3.8) is 0 Å². The average molecular weight is 382 g/mol. The van der Waals surface area contributed by atoms with E-state index < -0.39 is 39.3 Å². The number of anilines is 2. The maximum atomic E-state index is 13.7. The minimum atomic E-state index is -3.82. The van der Waals surface area contributed by atoms with Crippen LogP contribution in [0.5, 0.6) is 0 Å². The van der Waals surface area contributed by atoms with Crippen molar-refractivity contribution in [2.75, 3.05) is 15.9 Å². The molecule has 0 saturated carbocycles. The zero-order valence-corrected chi connectivity index (χ0v) is 15.7. The molecule has 1 N–H and O–H groups in total. The number of aryl methyl sites for hydroxylation is 2. The first kappa shape index (κ1) is 19.8. The van der Waals surface area contributed by atoms with Gasteiger partial charge < -0.3 is 5.32 Å². The second-order valence-electron chi connectivity index (χ2n) is 6.09. The van der Waals surface area contributed by atoms with E-state index >= 15 is 0 Å². The van der Waals surface area contributed by atoms with Gasteiger partial charge in [-0.2, -0.15) is 0 Å². The van der Waals surface area contributed by atoms with E-state index in [0.717, 1.165) is 33.8 Å². The van der Waals surface area contributed by atoms with Gasteiger partial charge >= 0.3 is 0 Å². The third-order valence-electron chi connectivity index (χ3n) is 4.04. The lowest BCUT2D eigenvalue weighted by Crippen LogP contribution is -2.45. The monoisotopic (exact) mass is 382 g/mol. The zero-order chi connectivity index (χ0) is 19.6. The fourth-order valence-electron chi connectivity index (χ4n) is 2.52.